The van der Waals surface area contributed by atoms with Crippen molar-refractivity contribution < 1.29 is 66.9 Å². The minimum atomic E-state index is -5.17. The Bertz CT molecular complexity index is 3470. The molecule has 0 aliphatic carbocycles. The Morgan fingerprint density at radius 3 is 1.19 bits per heavy atom. The highest BCUT2D eigenvalue weighted by molar-refractivity contribution is 5.90. The van der Waals surface area contributed by atoms with E-state index in [1.165, 1.54) is 47.6 Å². The maximum absolute atomic E-state index is 14.0. The molecule has 0 saturated heterocycles. The molecule has 0 N–H and O–H groups in total. The Balaban J connectivity index is 0.000000173. The molecule has 0 heterocycles. The summed E-state index contributed by atoms with van der Waals surface area (Å²) in [6, 6.07) is 45.2. The van der Waals surface area contributed by atoms with E-state index >= 15 is 0 Å². The maximum Gasteiger partial charge on any atom is 0.573 e. The van der Waals surface area contributed by atoms with Crippen molar-refractivity contribution in [3.05, 3.63) is 210 Å². The van der Waals surface area contributed by atoms with E-state index < -0.39 is 54.1 Å². The number of unbranched alkanes of at least 4 members (excludes halogenated alkanes) is 4. The van der Waals surface area contributed by atoms with Crippen LogP contribution in [0.2, 0.25) is 0 Å². The number of allylic oxidation sites excluding steroid dienone is 1. The normalized spacial score (nSPS) is 11.5. The lowest BCUT2D eigenvalue weighted by molar-refractivity contribution is -0.277. The first-order valence-corrected chi connectivity index (χ1v) is 25.4. The summed E-state index contributed by atoms with van der Waals surface area (Å²) >= 11 is 0. The molecule has 0 aliphatic heterocycles. The second-order valence-corrected chi connectivity index (χ2v) is 18.6. The fourth-order valence-corrected chi connectivity index (χ4v) is 8.87. The van der Waals surface area contributed by atoms with Gasteiger partial charge in [-0.05, 0) is 169 Å². The van der Waals surface area contributed by atoms with Gasteiger partial charge in [-0.3, -0.25) is 0 Å². The van der Waals surface area contributed by atoms with E-state index in [0.29, 0.717) is 11.1 Å². The van der Waals surface area contributed by atoms with Gasteiger partial charge in [-0.15, -0.1) is 32.9 Å². The van der Waals surface area contributed by atoms with Crippen molar-refractivity contribution in [3.8, 4) is 50.6 Å². The quantitative estimate of drug-likeness (QED) is 0.0517. The van der Waals surface area contributed by atoms with Gasteiger partial charge in [0.15, 0.2) is 23.3 Å². The Kier molecular flexibility index (Phi) is 19.8. The number of aryl methyl sites for hydroxylation is 3. The van der Waals surface area contributed by atoms with Crippen LogP contribution in [0.25, 0.3) is 65.7 Å². The van der Waals surface area contributed by atoms with Crippen molar-refractivity contribution in [2.45, 2.75) is 91.0 Å². The number of fused-ring (bicyclic) bond motifs is 3. The molecule has 9 aromatic rings. The van der Waals surface area contributed by atoms with Crippen LogP contribution in [0, 0.1) is 23.3 Å². The third kappa shape index (κ3) is 16.8. The minimum Gasteiger partial charge on any atom is -0.435 e. The second-order valence-electron chi connectivity index (χ2n) is 18.6. The molecular formula is C64H54F12O3. The average Bonchev–Trinajstić information content (AvgIpc) is 3.47. The smallest absolute Gasteiger partial charge is 0.435 e. The summed E-state index contributed by atoms with van der Waals surface area (Å²) in [5.74, 6) is -8.37. The van der Waals surface area contributed by atoms with E-state index in [4.69, 9.17) is 0 Å². The molecule has 0 bridgehead atoms. The summed E-state index contributed by atoms with van der Waals surface area (Å²) in [6.07, 6.45) is 1.28. The van der Waals surface area contributed by atoms with Crippen LogP contribution in [0.4, 0.5) is 52.7 Å². The number of hydrogen-bond acceptors (Lipinski definition) is 3. The van der Waals surface area contributed by atoms with Crippen LogP contribution in [0.1, 0.15) is 69.1 Å². The van der Waals surface area contributed by atoms with Crippen LogP contribution in [0.5, 0.6) is 17.2 Å². The summed E-state index contributed by atoms with van der Waals surface area (Å²) in [5.41, 5.74) is 6.97. The van der Waals surface area contributed by atoms with Gasteiger partial charge in [0.2, 0.25) is 11.5 Å². The van der Waals surface area contributed by atoms with E-state index in [1.54, 1.807) is 54.6 Å². The molecule has 0 aliphatic rings. The van der Waals surface area contributed by atoms with Gasteiger partial charge in [-0.1, -0.05) is 149 Å². The lowest BCUT2D eigenvalue weighted by atomic mass is 9.98. The SMILES string of the molecule is C=CCCc1ccc2cc(-c3cc(F)c(OC(F)(F)F)c(F)c3)ccc2c1.CCCCCCCc1ccc2cc(-c3cc(F)c(OC(F)(F)F)c(F)c3)ccc2c1.CCc1ccc2cc(-c3ccc(OC(F)F)cc3)ccc2c1. The highest BCUT2D eigenvalue weighted by Crippen LogP contribution is 2.36. The van der Waals surface area contributed by atoms with Crippen LogP contribution in [-0.2, 0) is 19.3 Å². The molecule has 0 fully saturated rings. The summed E-state index contributed by atoms with van der Waals surface area (Å²) in [4.78, 5) is 0. The predicted molar refractivity (Wildman–Crippen MR) is 288 cm³/mol. The van der Waals surface area contributed by atoms with Gasteiger partial charge >= 0.3 is 19.3 Å². The van der Waals surface area contributed by atoms with Gasteiger partial charge in [-0.25, -0.2) is 17.6 Å². The molecule has 0 radical (unpaired) electrons. The van der Waals surface area contributed by atoms with Gasteiger partial charge in [0.25, 0.3) is 0 Å². The monoisotopic (exact) mass is 1100 g/mol. The van der Waals surface area contributed by atoms with Crippen molar-refractivity contribution in [3.63, 3.8) is 0 Å². The van der Waals surface area contributed by atoms with Gasteiger partial charge in [0.05, 0.1) is 0 Å². The number of rotatable bonds is 17. The number of alkyl halides is 8. The van der Waals surface area contributed by atoms with E-state index in [-0.39, 0.29) is 16.9 Å². The Morgan fingerprint density at radius 2 is 0.785 bits per heavy atom. The Labute approximate surface area is 449 Å². The van der Waals surface area contributed by atoms with Crippen LogP contribution < -0.4 is 14.2 Å². The number of hydrogen-bond donors (Lipinski definition) is 0. The third-order valence-electron chi connectivity index (χ3n) is 12.8. The van der Waals surface area contributed by atoms with Crippen molar-refractivity contribution >= 4 is 32.3 Å². The molecule has 0 amide bonds. The molecule has 9 aromatic carbocycles. The van der Waals surface area contributed by atoms with E-state index in [9.17, 15) is 52.7 Å². The Hall–Kier alpha value is -7.94. The summed E-state index contributed by atoms with van der Waals surface area (Å²) in [5, 5.41) is 6.08. The molecule has 3 nitrogen and oxygen atoms in total. The zero-order valence-corrected chi connectivity index (χ0v) is 43.0. The van der Waals surface area contributed by atoms with Crippen molar-refractivity contribution in [1.82, 2.24) is 0 Å². The van der Waals surface area contributed by atoms with Crippen molar-refractivity contribution in [2.24, 2.45) is 0 Å². The first-order chi connectivity index (χ1) is 37.7. The largest absolute Gasteiger partial charge is 0.573 e. The lowest BCUT2D eigenvalue weighted by Gasteiger charge is -2.12. The van der Waals surface area contributed by atoms with Crippen LogP contribution in [0.15, 0.2) is 170 Å². The average molecular weight is 1100 g/mol. The van der Waals surface area contributed by atoms with Gasteiger partial charge in [0.1, 0.15) is 5.75 Å². The standard InChI is InChI=1S/C24H23F5O.C21H15F5O.C19H16F2O/c1-2-3-4-5-6-7-16-8-9-18-13-19(11-10-17(18)12-16)20-14-21(25)23(22(26)15-20)30-24(27,28)29;1-2-3-4-13-5-6-15-10-16(8-7-14(15)9-13)17-11-18(22)20(19(23)12-17)27-21(24,25)26;1-2-13-3-4-17-12-16(6-5-15(17)11-13)14-7-9-18(10-8-14)22-19(20)21/h8-15H,2-7H2,1H3;2,5-12H,1,3-4H2;3-12,19H,2H2,1H3. The number of ether oxygens (including phenoxy) is 3. The molecule has 9 rings (SSSR count). The minimum absolute atomic E-state index is 0.122. The summed E-state index contributed by atoms with van der Waals surface area (Å²) in [6.45, 7) is 5.22. The number of halogens is 12. The first kappa shape index (κ1) is 58.7. The van der Waals surface area contributed by atoms with E-state index in [0.717, 1.165) is 94.6 Å². The zero-order chi connectivity index (χ0) is 56.9. The highest BCUT2D eigenvalue weighted by Gasteiger charge is 2.35. The van der Waals surface area contributed by atoms with Gasteiger partial charge in [0, 0.05) is 0 Å². The highest BCUT2D eigenvalue weighted by atomic mass is 19.4. The maximum atomic E-state index is 14.0. The second kappa shape index (κ2) is 26.6. The zero-order valence-electron chi connectivity index (χ0n) is 43.0. The molecule has 0 unspecified atom stereocenters. The molecule has 15 heteroatoms. The van der Waals surface area contributed by atoms with Crippen molar-refractivity contribution in [2.75, 3.05) is 0 Å². The van der Waals surface area contributed by atoms with Crippen molar-refractivity contribution in [1.29, 1.82) is 0 Å². The van der Waals surface area contributed by atoms with E-state index in [2.05, 4.69) is 71.0 Å². The van der Waals surface area contributed by atoms with Gasteiger partial charge < -0.3 is 14.2 Å². The number of benzene rings is 9. The van der Waals surface area contributed by atoms with Crippen LogP contribution in [0.3, 0.4) is 0 Å². The molecule has 0 saturated carbocycles. The van der Waals surface area contributed by atoms with E-state index in [1.807, 2.05) is 48.5 Å². The van der Waals surface area contributed by atoms with Crippen LogP contribution >= 0.6 is 0 Å². The molecule has 79 heavy (non-hydrogen) atoms. The predicted octanol–water partition coefficient (Wildman–Crippen LogP) is 20.7. The first-order valence-electron chi connectivity index (χ1n) is 25.4. The molecular weight excluding hydrogens is 1040 g/mol. The molecule has 412 valence electrons. The fraction of sp³-hybridized carbons (Fsp3) is 0.219. The summed E-state index contributed by atoms with van der Waals surface area (Å²) < 4.78 is 165. The molecule has 0 spiro atoms. The van der Waals surface area contributed by atoms with Crippen LogP contribution in [-0.4, -0.2) is 19.3 Å². The third-order valence-corrected chi connectivity index (χ3v) is 12.8. The topological polar surface area (TPSA) is 27.7 Å². The lowest BCUT2D eigenvalue weighted by Crippen LogP contribution is -2.19. The summed E-state index contributed by atoms with van der Waals surface area (Å²) in [7, 11) is 0. The Morgan fingerprint density at radius 1 is 0.418 bits per heavy atom. The fourth-order valence-electron chi connectivity index (χ4n) is 8.87. The molecule has 0 atom stereocenters. The van der Waals surface area contributed by atoms with Gasteiger partial charge in [-0.2, -0.15) is 8.78 Å². The molecule has 0 aromatic heterocycles.